The number of thiophene rings is 1. The summed E-state index contributed by atoms with van der Waals surface area (Å²) in [5.41, 5.74) is 2.85. The number of hydrogen-bond acceptors (Lipinski definition) is 5. The Balaban J connectivity index is 1.56. The number of carbonyl (C=O) groups is 1. The van der Waals surface area contributed by atoms with Crippen LogP contribution in [-0.2, 0) is 12.8 Å². The fourth-order valence-corrected chi connectivity index (χ4v) is 5.73. The highest BCUT2D eigenvalue weighted by atomic mass is 32.1. The minimum Gasteiger partial charge on any atom is -0.353 e. The van der Waals surface area contributed by atoms with Crippen LogP contribution >= 0.6 is 11.3 Å². The SMILES string of the molecule is CCC(C)(C)[C@H]1CCc2c(sc3c2C(=O)N[C@@H](/C=C/c2ccccc2[N+](=O)[O-])N3)C1. The Morgan fingerprint density at radius 1 is 1.30 bits per heavy atom. The Hall–Kier alpha value is -2.67. The predicted octanol–water partition coefficient (Wildman–Crippen LogP) is 5.39. The van der Waals surface area contributed by atoms with Crippen LogP contribution in [0.15, 0.2) is 30.3 Å². The summed E-state index contributed by atoms with van der Waals surface area (Å²) in [4.78, 5) is 25.0. The molecule has 0 spiro atoms. The zero-order valence-corrected chi connectivity index (χ0v) is 18.3. The Morgan fingerprint density at radius 2 is 2.07 bits per heavy atom. The van der Waals surface area contributed by atoms with Crippen molar-refractivity contribution in [1.29, 1.82) is 0 Å². The largest absolute Gasteiger partial charge is 0.353 e. The van der Waals surface area contributed by atoms with Crippen LogP contribution in [0.4, 0.5) is 10.7 Å². The lowest BCUT2D eigenvalue weighted by molar-refractivity contribution is -0.385. The summed E-state index contributed by atoms with van der Waals surface area (Å²) < 4.78 is 0. The van der Waals surface area contributed by atoms with Crippen LogP contribution in [0, 0.1) is 21.4 Å². The molecule has 0 bridgehead atoms. The lowest BCUT2D eigenvalue weighted by atomic mass is 9.69. The zero-order valence-electron chi connectivity index (χ0n) is 17.5. The van der Waals surface area contributed by atoms with E-state index >= 15 is 0 Å². The van der Waals surface area contributed by atoms with Crippen LogP contribution in [0.1, 0.15) is 60.0 Å². The molecule has 2 aliphatic rings. The molecule has 2 aromatic rings. The van der Waals surface area contributed by atoms with E-state index in [1.807, 2.05) is 0 Å². The van der Waals surface area contributed by atoms with Gasteiger partial charge >= 0.3 is 0 Å². The van der Waals surface area contributed by atoms with Crippen LogP contribution < -0.4 is 10.6 Å². The summed E-state index contributed by atoms with van der Waals surface area (Å²) >= 11 is 1.69. The number of amides is 1. The predicted molar refractivity (Wildman–Crippen MR) is 121 cm³/mol. The molecule has 0 radical (unpaired) electrons. The highest BCUT2D eigenvalue weighted by molar-refractivity contribution is 7.16. The Bertz CT molecular complexity index is 1020. The number of nitro benzene ring substituents is 1. The van der Waals surface area contributed by atoms with Crippen molar-refractivity contribution in [3.05, 3.63) is 62.0 Å². The fourth-order valence-electron chi connectivity index (χ4n) is 4.37. The molecule has 2 N–H and O–H groups in total. The molecule has 2 atom stereocenters. The molecular formula is C23H27N3O3S. The van der Waals surface area contributed by atoms with Crippen LogP contribution in [0.25, 0.3) is 6.08 Å². The molecule has 0 unspecified atom stereocenters. The third kappa shape index (κ3) is 3.74. The van der Waals surface area contributed by atoms with Crippen molar-refractivity contribution >= 4 is 34.0 Å². The lowest BCUT2D eigenvalue weighted by Gasteiger charge is -2.36. The van der Waals surface area contributed by atoms with E-state index in [-0.39, 0.29) is 11.6 Å². The van der Waals surface area contributed by atoms with E-state index in [1.165, 1.54) is 16.5 Å². The van der Waals surface area contributed by atoms with E-state index in [2.05, 4.69) is 31.4 Å². The maximum Gasteiger partial charge on any atom is 0.276 e. The average molecular weight is 426 g/mol. The molecule has 0 saturated carbocycles. The topological polar surface area (TPSA) is 84.3 Å². The van der Waals surface area contributed by atoms with E-state index in [9.17, 15) is 14.9 Å². The molecule has 30 heavy (non-hydrogen) atoms. The van der Waals surface area contributed by atoms with Gasteiger partial charge in [-0.2, -0.15) is 0 Å². The normalized spacial score (nSPS) is 21.0. The highest BCUT2D eigenvalue weighted by Crippen LogP contribution is 2.46. The third-order valence-electron chi connectivity index (χ3n) is 6.68. The maximum absolute atomic E-state index is 12.9. The second-order valence-corrected chi connectivity index (χ2v) is 9.87. The average Bonchev–Trinajstić information content (AvgIpc) is 3.10. The second-order valence-electron chi connectivity index (χ2n) is 8.76. The number of nitrogens with zero attached hydrogens (tertiary/aromatic N) is 1. The summed E-state index contributed by atoms with van der Waals surface area (Å²) in [7, 11) is 0. The highest BCUT2D eigenvalue weighted by Gasteiger charge is 2.36. The third-order valence-corrected chi connectivity index (χ3v) is 7.87. The lowest BCUT2D eigenvalue weighted by Crippen LogP contribution is -2.43. The quantitative estimate of drug-likeness (QED) is 0.497. The summed E-state index contributed by atoms with van der Waals surface area (Å²) in [5, 5.41) is 18.5. The Morgan fingerprint density at radius 3 is 2.80 bits per heavy atom. The number of rotatable bonds is 5. The number of anilines is 1. The molecule has 1 aliphatic heterocycles. The van der Waals surface area contributed by atoms with Gasteiger partial charge in [-0.15, -0.1) is 11.3 Å². The van der Waals surface area contributed by atoms with Gasteiger partial charge in [0.05, 0.1) is 16.1 Å². The molecule has 7 heteroatoms. The van der Waals surface area contributed by atoms with Gasteiger partial charge in [-0.05, 0) is 54.4 Å². The van der Waals surface area contributed by atoms with Crippen LogP contribution in [-0.4, -0.2) is 17.0 Å². The van der Waals surface area contributed by atoms with E-state index in [4.69, 9.17) is 0 Å². The van der Waals surface area contributed by atoms with Crippen molar-refractivity contribution in [3.63, 3.8) is 0 Å². The number of fused-ring (bicyclic) bond motifs is 3. The van der Waals surface area contributed by atoms with E-state index < -0.39 is 11.1 Å². The molecule has 2 heterocycles. The van der Waals surface area contributed by atoms with Crippen molar-refractivity contribution in [2.24, 2.45) is 11.3 Å². The molecule has 1 amide bonds. The zero-order chi connectivity index (χ0) is 21.5. The second kappa shape index (κ2) is 7.87. The van der Waals surface area contributed by atoms with Crippen molar-refractivity contribution in [2.75, 3.05) is 5.32 Å². The Labute approximate surface area is 180 Å². The summed E-state index contributed by atoms with van der Waals surface area (Å²) in [6.45, 7) is 6.92. The maximum atomic E-state index is 12.9. The summed E-state index contributed by atoms with van der Waals surface area (Å²) in [5.74, 6) is 0.569. The van der Waals surface area contributed by atoms with Crippen molar-refractivity contribution in [3.8, 4) is 0 Å². The first-order valence-corrected chi connectivity index (χ1v) is 11.3. The van der Waals surface area contributed by atoms with E-state index in [1.54, 1.807) is 41.7 Å². The molecule has 1 aromatic carbocycles. The van der Waals surface area contributed by atoms with Gasteiger partial charge < -0.3 is 10.6 Å². The van der Waals surface area contributed by atoms with Gasteiger partial charge in [-0.25, -0.2) is 0 Å². The molecule has 1 aliphatic carbocycles. The number of hydrogen-bond donors (Lipinski definition) is 2. The van der Waals surface area contributed by atoms with Gasteiger partial charge in [0.1, 0.15) is 11.2 Å². The molecular weight excluding hydrogens is 398 g/mol. The van der Waals surface area contributed by atoms with Gasteiger partial charge in [0.15, 0.2) is 0 Å². The number of para-hydroxylation sites is 1. The summed E-state index contributed by atoms with van der Waals surface area (Å²) in [6.07, 6.45) is 7.30. The van der Waals surface area contributed by atoms with E-state index in [0.717, 1.165) is 36.2 Å². The van der Waals surface area contributed by atoms with Gasteiger partial charge in [0.25, 0.3) is 11.6 Å². The molecule has 4 rings (SSSR count). The smallest absolute Gasteiger partial charge is 0.276 e. The Kier molecular flexibility index (Phi) is 5.40. The van der Waals surface area contributed by atoms with Gasteiger partial charge in [0, 0.05) is 10.9 Å². The summed E-state index contributed by atoms with van der Waals surface area (Å²) in [6, 6.07) is 6.58. The first-order chi connectivity index (χ1) is 14.3. The number of benzene rings is 1. The van der Waals surface area contributed by atoms with Crippen LogP contribution in [0.2, 0.25) is 0 Å². The minimum absolute atomic E-state index is 0.0488. The standard InChI is InChI=1S/C23H27N3O3S/c1-4-23(2,3)15-10-11-16-18(13-15)30-22-20(16)21(27)24-19(25-22)12-9-14-7-5-6-8-17(14)26(28)29/h5-9,12,15,19,25H,4,10-11,13H2,1-3H3,(H,24,27)/b12-9+/t15-,19+/m0/s1. The van der Waals surface area contributed by atoms with Crippen molar-refractivity contribution in [2.45, 2.75) is 52.6 Å². The van der Waals surface area contributed by atoms with Gasteiger partial charge in [0.2, 0.25) is 0 Å². The minimum atomic E-state index is -0.397. The van der Waals surface area contributed by atoms with Crippen molar-refractivity contribution in [1.82, 2.24) is 5.32 Å². The van der Waals surface area contributed by atoms with Gasteiger partial charge in [-0.1, -0.05) is 39.3 Å². The molecule has 1 aromatic heterocycles. The fraction of sp³-hybridized carbons (Fsp3) is 0.435. The number of nitrogens with one attached hydrogen (secondary N) is 2. The van der Waals surface area contributed by atoms with Gasteiger partial charge in [-0.3, -0.25) is 14.9 Å². The molecule has 158 valence electrons. The van der Waals surface area contributed by atoms with E-state index in [0.29, 0.717) is 16.9 Å². The molecule has 0 saturated heterocycles. The van der Waals surface area contributed by atoms with Crippen molar-refractivity contribution < 1.29 is 9.72 Å². The van der Waals surface area contributed by atoms with Crippen LogP contribution in [0.3, 0.4) is 0 Å². The number of carbonyl (C=O) groups excluding carboxylic acids is 1. The monoisotopic (exact) mass is 425 g/mol. The molecule has 6 nitrogen and oxygen atoms in total. The number of nitro groups is 1. The first kappa shape index (κ1) is 20.6. The molecule has 0 fully saturated rings. The first-order valence-electron chi connectivity index (χ1n) is 10.4. The van der Waals surface area contributed by atoms with Crippen LogP contribution in [0.5, 0.6) is 0 Å².